The third-order valence-electron chi connectivity index (χ3n) is 2.70. The van der Waals surface area contributed by atoms with E-state index < -0.39 is 0 Å². The maximum Gasteiger partial charge on any atom is 0.192 e. The van der Waals surface area contributed by atoms with Gasteiger partial charge in [0.15, 0.2) is 10.6 Å². The van der Waals surface area contributed by atoms with Crippen molar-refractivity contribution < 1.29 is 4.79 Å². The predicted octanol–water partition coefficient (Wildman–Crippen LogP) is 3.13. The van der Waals surface area contributed by atoms with Crippen LogP contribution < -0.4 is 4.80 Å². The van der Waals surface area contributed by atoms with E-state index in [1.165, 1.54) is 22.7 Å². The fourth-order valence-electron chi connectivity index (χ4n) is 1.78. The quantitative estimate of drug-likeness (QED) is 0.733. The molecule has 0 radical (unpaired) electrons. The Morgan fingerprint density at radius 2 is 2.17 bits per heavy atom. The van der Waals surface area contributed by atoms with Gasteiger partial charge in [-0.25, -0.2) is 0 Å². The van der Waals surface area contributed by atoms with Crippen LogP contribution in [-0.4, -0.2) is 10.4 Å². The van der Waals surface area contributed by atoms with Crippen molar-refractivity contribution in [3.8, 4) is 0 Å². The maximum absolute atomic E-state index is 12.1. The molecule has 5 heteroatoms. The smallest absolute Gasteiger partial charge is 0.192 e. The third-order valence-corrected chi connectivity index (χ3v) is 4.57. The molecule has 0 spiro atoms. The van der Waals surface area contributed by atoms with Crippen LogP contribution in [0, 0.1) is 5.41 Å². The third kappa shape index (κ3) is 2.02. The summed E-state index contributed by atoms with van der Waals surface area (Å²) in [5, 5.41) is 10.6. The molecule has 0 fully saturated rings. The van der Waals surface area contributed by atoms with Crippen LogP contribution in [0.4, 0.5) is 0 Å². The number of aromatic nitrogens is 1. The van der Waals surface area contributed by atoms with E-state index in [-0.39, 0.29) is 12.3 Å². The van der Waals surface area contributed by atoms with Gasteiger partial charge in [-0.15, -0.1) is 22.7 Å². The largest absolute Gasteiger partial charge is 0.316 e. The van der Waals surface area contributed by atoms with Gasteiger partial charge in [-0.2, -0.15) is 0 Å². The Labute approximate surface area is 111 Å². The summed E-state index contributed by atoms with van der Waals surface area (Å²) in [6, 6.07) is 9.90. The molecule has 18 heavy (non-hydrogen) atoms. The van der Waals surface area contributed by atoms with Crippen molar-refractivity contribution in [2.75, 3.05) is 0 Å². The summed E-state index contributed by atoms with van der Waals surface area (Å²) in [6.45, 7) is 0.245. The summed E-state index contributed by atoms with van der Waals surface area (Å²) in [5.41, 5.74) is 0. The van der Waals surface area contributed by atoms with Gasteiger partial charge in [0, 0.05) is 16.3 Å². The Hall–Kier alpha value is -1.72. The molecule has 90 valence electrons. The summed E-state index contributed by atoms with van der Waals surface area (Å²) < 4.78 is 2.79. The van der Waals surface area contributed by atoms with Crippen molar-refractivity contribution in [3.05, 3.63) is 51.6 Å². The highest BCUT2D eigenvalue weighted by Gasteiger charge is 2.11. The Morgan fingerprint density at radius 1 is 1.33 bits per heavy atom. The van der Waals surface area contributed by atoms with Crippen LogP contribution in [-0.2, 0) is 6.54 Å². The molecule has 3 nitrogen and oxygen atoms in total. The van der Waals surface area contributed by atoms with Gasteiger partial charge in [-0.1, -0.05) is 18.2 Å². The van der Waals surface area contributed by atoms with Gasteiger partial charge in [-0.05, 0) is 17.5 Å². The van der Waals surface area contributed by atoms with Gasteiger partial charge in [0.25, 0.3) is 0 Å². The molecule has 2 aromatic heterocycles. The van der Waals surface area contributed by atoms with Gasteiger partial charge in [0.2, 0.25) is 0 Å². The van der Waals surface area contributed by atoms with E-state index in [0.717, 1.165) is 15.0 Å². The van der Waals surface area contributed by atoms with Crippen molar-refractivity contribution in [2.45, 2.75) is 6.54 Å². The molecule has 0 bridgehead atoms. The SMILES string of the molecule is N=c1sccn1CC(=O)c1cc2ccccc2s1. The highest BCUT2D eigenvalue weighted by molar-refractivity contribution is 7.20. The van der Waals surface area contributed by atoms with E-state index in [9.17, 15) is 4.79 Å². The Bertz CT molecular complexity index is 733. The van der Waals surface area contributed by atoms with Crippen molar-refractivity contribution in [2.24, 2.45) is 0 Å². The van der Waals surface area contributed by atoms with E-state index in [1.54, 1.807) is 10.8 Å². The number of thiophene rings is 1. The van der Waals surface area contributed by atoms with Crippen LogP contribution in [0.3, 0.4) is 0 Å². The van der Waals surface area contributed by atoms with Crippen molar-refractivity contribution in [3.63, 3.8) is 0 Å². The van der Waals surface area contributed by atoms with Crippen LogP contribution >= 0.6 is 22.7 Å². The molecular weight excluding hydrogens is 264 g/mol. The number of benzene rings is 1. The number of rotatable bonds is 3. The average Bonchev–Trinajstić information content (AvgIpc) is 2.96. The van der Waals surface area contributed by atoms with Gasteiger partial charge in [-0.3, -0.25) is 10.2 Å². The lowest BCUT2D eigenvalue weighted by molar-refractivity contribution is 0.0975. The number of nitrogens with one attached hydrogen (secondary N) is 1. The van der Waals surface area contributed by atoms with Gasteiger partial charge in [0.1, 0.15) is 0 Å². The van der Waals surface area contributed by atoms with Crippen LogP contribution in [0.15, 0.2) is 41.9 Å². The van der Waals surface area contributed by atoms with Crippen LogP contribution in [0.1, 0.15) is 9.67 Å². The average molecular weight is 274 g/mol. The standard InChI is InChI=1S/C13H10N2OS2/c14-13-15(5-6-17-13)8-10(16)12-7-9-3-1-2-4-11(9)18-12/h1-7,14H,8H2. The minimum Gasteiger partial charge on any atom is -0.316 e. The van der Waals surface area contributed by atoms with Gasteiger partial charge < -0.3 is 4.57 Å². The van der Waals surface area contributed by atoms with E-state index in [2.05, 4.69) is 0 Å². The molecule has 0 atom stereocenters. The minimum atomic E-state index is 0.0631. The first-order chi connectivity index (χ1) is 8.74. The van der Waals surface area contributed by atoms with Gasteiger partial charge >= 0.3 is 0 Å². The number of ketones is 1. The van der Waals surface area contributed by atoms with Crippen molar-refractivity contribution in [1.82, 2.24) is 4.57 Å². The Morgan fingerprint density at radius 3 is 2.89 bits per heavy atom. The number of carbonyl (C=O) groups excluding carboxylic acids is 1. The molecule has 0 amide bonds. The fraction of sp³-hybridized carbons (Fsp3) is 0.0769. The first-order valence-corrected chi connectivity index (χ1v) is 7.14. The molecule has 0 aliphatic rings. The maximum atomic E-state index is 12.1. The summed E-state index contributed by atoms with van der Waals surface area (Å²) >= 11 is 2.84. The molecule has 1 aromatic carbocycles. The summed E-state index contributed by atoms with van der Waals surface area (Å²) in [4.78, 5) is 13.3. The minimum absolute atomic E-state index is 0.0631. The zero-order valence-electron chi connectivity index (χ0n) is 9.42. The number of fused-ring (bicyclic) bond motifs is 1. The lowest BCUT2D eigenvalue weighted by Crippen LogP contribution is -2.17. The van der Waals surface area contributed by atoms with Crippen LogP contribution in [0.2, 0.25) is 0 Å². The zero-order valence-corrected chi connectivity index (χ0v) is 11.1. The lowest BCUT2D eigenvalue weighted by Gasteiger charge is -1.98. The molecule has 0 unspecified atom stereocenters. The van der Waals surface area contributed by atoms with E-state index in [1.807, 2.05) is 35.7 Å². The second-order valence-electron chi connectivity index (χ2n) is 3.91. The Balaban J connectivity index is 1.92. The number of hydrogen-bond acceptors (Lipinski definition) is 4. The van der Waals surface area contributed by atoms with Crippen molar-refractivity contribution >= 4 is 38.5 Å². The number of hydrogen-bond donors (Lipinski definition) is 1. The highest BCUT2D eigenvalue weighted by Crippen LogP contribution is 2.25. The zero-order chi connectivity index (χ0) is 12.5. The Kier molecular flexibility index (Phi) is 2.85. The molecule has 0 saturated heterocycles. The second-order valence-corrected chi connectivity index (χ2v) is 5.89. The summed E-state index contributed by atoms with van der Waals surface area (Å²) in [7, 11) is 0. The number of thiazole rings is 1. The first-order valence-electron chi connectivity index (χ1n) is 5.44. The number of carbonyl (C=O) groups is 1. The monoisotopic (exact) mass is 274 g/mol. The number of Topliss-reactive ketones (excluding diaryl/α,β-unsaturated/α-hetero) is 1. The molecule has 2 heterocycles. The molecule has 0 saturated carbocycles. The second kappa shape index (κ2) is 4.51. The topological polar surface area (TPSA) is 45.9 Å². The fourth-order valence-corrected chi connectivity index (χ4v) is 3.37. The predicted molar refractivity (Wildman–Crippen MR) is 74.3 cm³/mol. The normalized spacial score (nSPS) is 10.9. The molecule has 0 aliphatic carbocycles. The molecular formula is C13H10N2OS2. The summed E-state index contributed by atoms with van der Waals surface area (Å²) in [6.07, 6.45) is 1.78. The molecule has 3 aromatic rings. The van der Waals surface area contributed by atoms with Crippen molar-refractivity contribution in [1.29, 1.82) is 5.41 Å². The van der Waals surface area contributed by atoms with Gasteiger partial charge in [0.05, 0.1) is 11.4 Å². The molecule has 3 rings (SSSR count). The highest BCUT2D eigenvalue weighted by atomic mass is 32.1. The van der Waals surface area contributed by atoms with E-state index >= 15 is 0 Å². The summed E-state index contributed by atoms with van der Waals surface area (Å²) in [5.74, 6) is 0.0631. The van der Waals surface area contributed by atoms with E-state index in [4.69, 9.17) is 5.41 Å². The van der Waals surface area contributed by atoms with Crippen LogP contribution in [0.25, 0.3) is 10.1 Å². The lowest BCUT2D eigenvalue weighted by atomic mass is 10.2. The van der Waals surface area contributed by atoms with Crippen LogP contribution in [0.5, 0.6) is 0 Å². The van der Waals surface area contributed by atoms with E-state index in [0.29, 0.717) is 4.80 Å². The molecule has 0 aliphatic heterocycles. The number of nitrogens with zero attached hydrogens (tertiary/aromatic N) is 1. The molecule has 1 N–H and O–H groups in total. The first kappa shape index (κ1) is 11.4.